The topological polar surface area (TPSA) is 55.6 Å². The molecular weight excluding hydrogens is 296 g/mol. The second-order valence-corrected chi connectivity index (χ2v) is 6.19. The van der Waals surface area contributed by atoms with E-state index in [1.807, 2.05) is 19.1 Å². The molecule has 1 atom stereocenters. The summed E-state index contributed by atoms with van der Waals surface area (Å²) in [6, 6.07) is 5.44. The molecule has 1 aromatic heterocycles. The van der Waals surface area contributed by atoms with E-state index in [0.717, 1.165) is 10.1 Å². The first-order valence-corrected chi connectivity index (χ1v) is 7.38. The molecule has 1 amide bonds. The van der Waals surface area contributed by atoms with E-state index in [2.05, 4.69) is 0 Å². The number of benzene rings is 1. The van der Waals surface area contributed by atoms with Crippen LogP contribution in [-0.4, -0.2) is 37.6 Å². The van der Waals surface area contributed by atoms with Crippen molar-refractivity contribution in [2.24, 2.45) is 0 Å². The molecule has 0 radical (unpaired) electrons. The van der Waals surface area contributed by atoms with Gasteiger partial charge in [-0.2, -0.15) is 0 Å². The molecule has 108 valence electrons. The number of thiophene rings is 1. The van der Waals surface area contributed by atoms with Crippen LogP contribution in [0, 0.1) is 0 Å². The number of carbonyl (C=O) groups excluding carboxylic acids is 1. The highest BCUT2D eigenvalue weighted by molar-refractivity contribution is 7.21. The van der Waals surface area contributed by atoms with Gasteiger partial charge in [-0.15, -0.1) is 11.3 Å². The number of likely N-dealkylation sites (N-methyl/N-ethyl adjacent to an activating group) is 1. The van der Waals surface area contributed by atoms with Gasteiger partial charge in [0.25, 0.3) is 5.91 Å². The van der Waals surface area contributed by atoms with Crippen molar-refractivity contribution in [3.8, 4) is 0 Å². The van der Waals surface area contributed by atoms with E-state index in [-0.39, 0.29) is 11.9 Å². The normalized spacial score (nSPS) is 12.6. The average molecular weight is 313 g/mol. The summed E-state index contributed by atoms with van der Waals surface area (Å²) >= 11 is 7.34. The van der Waals surface area contributed by atoms with E-state index >= 15 is 0 Å². The first-order valence-electron chi connectivity index (χ1n) is 6.19. The van der Waals surface area contributed by atoms with Gasteiger partial charge in [0.1, 0.15) is 4.88 Å². The Kier molecular flexibility index (Phi) is 4.52. The number of nitrogens with two attached hydrogens (primary N) is 1. The molecule has 20 heavy (non-hydrogen) atoms. The van der Waals surface area contributed by atoms with Gasteiger partial charge in [-0.25, -0.2) is 0 Å². The molecule has 6 heteroatoms. The van der Waals surface area contributed by atoms with Crippen molar-refractivity contribution in [1.29, 1.82) is 0 Å². The Labute approximate surface area is 127 Å². The highest BCUT2D eigenvalue weighted by Gasteiger charge is 2.22. The first kappa shape index (κ1) is 15.1. The van der Waals surface area contributed by atoms with Gasteiger partial charge >= 0.3 is 0 Å². The number of fused-ring (bicyclic) bond motifs is 1. The van der Waals surface area contributed by atoms with Gasteiger partial charge in [0.15, 0.2) is 0 Å². The van der Waals surface area contributed by atoms with Crippen molar-refractivity contribution in [2.75, 3.05) is 26.5 Å². The average Bonchev–Trinajstić information content (AvgIpc) is 2.74. The Bertz CT molecular complexity index is 641. The number of nitrogens with zero attached hydrogens (tertiary/aromatic N) is 1. The van der Waals surface area contributed by atoms with Crippen molar-refractivity contribution in [3.05, 3.63) is 28.1 Å². The fraction of sp³-hybridized carbons (Fsp3) is 0.357. The lowest BCUT2D eigenvalue weighted by atomic mass is 10.2. The number of halogens is 1. The second-order valence-electron chi connectivity index (χ2n) is 4.71. The van der Waals surface area contributed by atoms with E-state index in [1.165, 1.54) is 11.3 Å². The molecule has 2 aromatic rings. The lowest BCUT2D eigenvalue weighted by Crippen LogP contribution is -2.37. The zero-order valence-corrected chi connectivity index (χ0v) is 13.2. The zero-order chi connectivity index (χ0) is 14.9. The van der Waals surface area contributed by atoms with Crippen molar-refractivity contribution in [1.82, 2.24) is 4.90 Å². The Hall–Kier alpha value is -1.30. The summed E-state index contributed by atoms with van der Waals surface area (Å²) in [7, 11) is 3.37. The van der Waals surface area contributed by atoms with E-state index in [0.29, 0.717) is 22.2 Å². The van der Waals surface area contributed by atoms with Crippen LogP contribution in [0.2, 0.25) is 5.02 Å². The van der Waals surface area contributed by atoms with Crippen molar-refractivity contribution >= 4 is 44.6 Å². The lowest BCUT2D eigenvalue weighted by molar-refractivity contribution is 0.0639. The molecule has 0 saturated carbocycles. The van der Waals surface area contributed by atoms with E-state index in [1.54, 1.807) is 25.1 Å². The largest absolute Gasteiger partial charge is 0.397 e. The number of anilines is 1. The Morgan fingerprint density at radius 3 is 2.90 bits per heavy atom. The summed E-state index contributed by atoms with van der Waals surface area (Å²) < 4.78 is 6.00. The quantitative estimate of drug-likeness (QED) is 0.943. The summed E-state index contributed by atoms with van der Waals surface area (Å²) in [6.07, 6.45) is 0. The van der Waals surface area contributed by atoms with Gasteiger partial charge in [0.05, 0.1) is 18.3 Å². The molecule has 0 aliphatic heterocycles. The Balaban J connectivity index is 2.37. The van der Waals surface area contributed by atoms with Crippen LogP contribution in [0.25, 0.3) is 10.1 Å². The fourth-order valence-electron chi connectivity index (χ4n) is 1.96. The molecule has 1 heterocycles. The maximum Gasteiger partial charge on any atom is 0.266 e. The van der Waals surface area contributed by atoms with E-state index in [9.17, 15) is 4.79 Å². The maximum atomic E-state index is 12.5. The summed E-state index contributed by atoms with van der Waals surface area (Å²) in [5, 5.41) is 1.51. The highest BCUT2D eigenvalue weighted by Crippen LogP contribution is 2.35. The molecule has 1 unspecified atom stereocenters. The van der Waals surface area contributed by atoms with Crippen molar-refractivity contribution < 1.29 is 9.53 Å². The number of methoxy groups -OCH3 is 1. The molecule has 1 aromatic carbocycles. The van der Waals surface area contributed by atoms with Crippen LogP contribution in [0.1, 0.15) is 16.6 Å². The molecule has 0 saturated heterocycles. The van der Waals surface area contributed by atoms with Gasteiger partial charge < -0.3 is 15.4 Å². The summed E-state index contributed by atoms with van der Waals surface area (Å²) in [5.41, 5.74) is 6.61. The third-order valence-corrected chi connectivity index (χ3v) is 4.67. The molecular formula is C14H17ClN2O2S. The highest BCUT2D eigenvalue weighted by atomic mass is 35.5. The minimum absolute atomic E-state index is 0.0132. The Morgan fingerprint density at radius 1 is 1.55 bits per heavy atom. The molecule has 0 bridgehead atoms. The number of nitrogen functional groups attached to an aromatic ring is 1. The van der Waals surface area contributed by atoms with Crippen LogP contribution >= 0.6 is 22.9 Å². The zero-order valence-electron chi connectivity index (χ0n) is 11.6. The SMILES string of the molecule is COCC(C)N(C)C(=O)c1sc2cc(Cl)ccc2c1N. The predicted octanol–water partition coefficient (Wildman–Crippen LogP) is 3.24. The maximum absolute atomic E-state index is 12.5. The molecule has 0 spiro atoms. The minimum atomic E-state index is -0.0932. The van der Waals surface area contributed by atoms with Gasteiger partial charge in [-0.3, -0.25) is 4.79 Å². The van der Waals surface area contributed by atoms with Crippen LogP contribution in [0.5, 0.6) is 0 Å². The number of hydrogen-bond acceptors (Lipinski definition) is 4. The third-order valence-electron chi connectivity index (χ3n) is 3.27. The van der Waals surface area contributed by atoms with Crippen LogP contribution < -0.4 is 5.73 Å². The van der Waals surface area contributed by atoms with Gasteiger partial charge in [-0.1, -0.05) is 11.6 Å². The predicted molar refractivity (Wildman–Crippen MR) is 84.7 cm³/mol. The number of amides is 1. The number of carbonyl (C=O) groups is 1. The van der Waals surface area contributed by atoms with Crippen LogP contribution in [0.4, 0.5) is 5.69 Å². The third kappa shape index (κ3) is 2.75. The lowest BCUT2D eigenvalue weighted by Gasteiger charge is -2.23. The monoisotopic (exact) mass is 312 g/mol. The number of rotatable bonds is 4. The molecule has 4 nitrogen and oxygen atoms in total. The Morgan fingerprint density at radius 2 is 2.25 bits per heavy atom. The van der Waals surface area contributed by atoms with E-state index < -0.39 is 0 Å². The van der Waals surface area contributed by atoms with Crippen LogP contribution in [-0.2, 0) is 4.74 Å². The summed E-state index contributed by atoms with van der Waals surface area (Å²) in [5.74, 6) is -0.0932. The fourth-order valence-corrected chi connectivity index (χ4v) is 3.34. The standard InChI is InChI=1S/C14H17ClN2O2S/c1-8(7-19-3)17(2)14(18)13-12(16)10-5-4-9(15)6-11(10)20-13/h4-6,8H,7,16H2,1-3H3. The van der Waals surface area contributed by atoms with Gasteiger partial charge in [0.2, 0.25) is 0 Å². The van der Waals surface area contributed by atoms with Crippen molar-refractivity contribution in [2.45, 2.75) is 13.0 Å². The van der Waals surface area contributed by atoms with Crippen LogP contribution in [0.3, 0.4) is 0 Å². The molecule has 0 fully saturated rings. The molecule has 0 aliphatic rings. The van der Waals surface area contributed by atoms with Gasteiger partial charge in [0, 0.05) is 29.3 Å². The first-order chi connectivity index (χ1) is 9.45. The molecule has 2 N–H and O–H groups in total. The van der Waals surface area contributed by atoms with Crippen LogP contribution in [0.15, 0.2) is 18.2 Å². The number of ether oxygens (including phenoxy) is 1. The summed E-state index contributed by atoms with van der Waals surface area (Å²) in [4.78, 5) is 14.7. The summed E-state index contributed by atoms with van der Waals surface area (Å²) in [6.45, 7) is 2.42. The molecule has 0 aliphatic carbocycles. The van der Waals surface area contributed by atoms with Crippen molar-refractivity contribution in [3.63, 3.8) is 0 Å². The minimum Gasteiger partial charge on any atom is -0.397 e. The second kappa shape index (κ2) is 5.99. The smallest absolute Gasteiger partial charge is 0.266 e. The van der Waals surface area contributed by atoms with E-state index in [4.69, 9.17) is 22.1 Å². The molecule has 2 rings (SSSR count). The number of hydrogen-bond donors (Lipinski definition) is 1. The van der Waals surface area contributed by atoms with Gasteiger partial charge in [-0.05, 0) is 25.1 Å².